The molecule has 66 heavy (non-hydrogen) atoms. The van der Waals surface area contributed by atoms with Crippen molar-refractivity contribution in [2.45, 2.75) is 0 Å². The van der Waals surface area contributed by atoms with Crippen LogP contribution in [0.1, 0.15) is 0 Å². The van der Waals surface area contributed by atoms with Crippen LogP contribution in [-0.2, 0) is 0 Å². The third-order valence-electron chi connectivity index (χ3n) is 9.44. The summed E-state index contributed by atoms with van der Waals surface area (Å²) < 4.78 is 262. The highest BCUT2D eigenvalue weighted by Gasteiger charge is 2.34. The molecule has 0 atom stereocenters. The summed E-state index contributed by atoms with van der Waals surface area (Å²) in [6.45, 7) is 0. The van der Waals surface area contributed by atoms with Gasteiger partial charge in [-0.2, -0.15) is 28.1 Å². The van der Waals surface area contributed by atoms with E-state index in [1.54, 1.807) is 0 Å². The summed E-state index contributed by atoms with van der Waals surface area (Å²) in [6.07, 6.45) is 0. The van der Waals surface area contributed by atoms with Crippen molar-refractivity contribution < 1.29 is 79.0 Å². The van der Waals surface area contributed by atoms with E-state index in [4.69, 9.17) is 0 Å². The number of hydrogen-bond acceptors (Lipinski definition) is 12. The van der Waals surface area contributed by atoms with Gasteiger partial charge >= 0.3 is 0 Å². The lowest BCUT2D eigenvalue weighted by atomic mass is 10.1. The molecule has 10 rings (SSSR count). The van der Waals surface area contributed by atoms with Crippen LogP contribution in [0.25, 0.3) is 101 Å². The van der Waals surface area contributed by atoms with Crippen molar-refractivity contribution in [3.63, 3.8) is 0 Å². The van der Waals surface area contributed by atoms with Crippen molar-refractivity contribution in [1.82, 2.24) is 59.8 Å². The second-order valence-corrected chi connectivity index (χ2v) is 13.1. The van der Waals surface area contributed by atoms with Gasteiger partial charge in [0, 0.05) is 0 Å². The van der Waals surface area contributed by atoms with Crippen LogP contribution in [0.4, 0.5) is 79.0 Å². The van der Waals surface area contributed by atoms with Crippen LogP contribution < -0.4 is 0 Å². The van der Waals surface area contributed by atoms with Crippen LogP contribution in [0, 0.1) is 105 Å². The molecule has 30 heteroatoms. The summed E-state index contributed by atoms with van der Waals surface area (Å²) in [5.74, 6) is -44.8. The molecule has 10 aromatic rings. The number of fused-ring (bicyclic) bond motifs is 9. The molecule has 0 fully saturated rings. The summed E-state index contributed by atoms with van der Waals surface area (Å²) in [5.41, 5.74) is -21.4. The SMILES string of the molecule is Fc1nc2nc3c4nc5nc(-c6c(F)c(F)c(F)c(F)c6F)c(F)nc5nc4c4nc5nc(-c6c(F)c(F)c(F)c(F)c6F)c(F)nc5nc4c3nc2nc1-c1c(F)c(F)c(F)c(F)c1F. The number of rotatable bonds is 3. The van der Waals surface area contributed by atoms with Gasteiger partial charge in [-0.1, -0.05) is 0 Å². The Morgan fingerprint density at radius 2 is 0.318 bits per heavy atom. The first-order chi connectivity index (χ1) is 31.2. The Morgan fingerprint density at radius 3 is 0.500 bits per heavy atom. The lowest BCUT2D eigenvalue weighted by Crippen LogP contribution is -2.09. The highest BCUT2D eigenvalue weighted by molar-refractivity contribution is 6.20. The summed E-state index contributed by atoms with van der Waals surface area (Å²) in [7, 11) is 0. The van der Waals surface area contributed by atoms with Crippen molar-refractivity contribution in [2.24, 2.45) is 0 Å². The van der Waals surface area contributed by atoms with E-state index in [0.29, 0.717) is 0 Å². The monoisotopic (exact) mass is 942 g/mol. The van der Waals surface area contributed by atoms with Gasteiger partial charge in [-0.15, -0.1) is 0 Å². The van der Waals surface area contributed by atoms with Gasteiger partial charge in [-0.25, -0.2) is 111 Å². The van der Waals surface area contributed by atoms with Crippen LogP contribution in [-0.4, -0.2) is 59.8 Å². The van der Waals surface area contributed by atoms with Crippen molar-refractivity contribution in [1.29, 1.82) is 0 Å². The van der Waals surface area contributed by atoms with Crippen LogP contribution in [0.2, 0.25) is 0 Å². The minimum atomic E-state index is -2.64. The molecule has 6 heterocycles. The van der Waals surface area contributed by atoms with Gasteiger partial charge in [-0.05, 0) is 0 Å². The minimum absolute atomic E-state index is 0.749. The Labute approximate surface area is 344 Å². The summed E-state index contributed by atoms with van der Waals surface area (Å²) in [6, 6.07) is 0. The molecule has 0 spiro atoms. The van der Waals surface area contributed by atoms with Crippen molar-refractivity contribution in [2.75, 3.05) is 0 Å². The first-order valence-electron chi connectivity index (χ1n) is 17.0. The summed E-state index contributed by atoms with van der Waals surface area (Å²) in [5, 5.41) is 0. The van der Waals surface area contributed by atoms with Crippen molar-refractivity contribution >= 4 is 67.0 Å². The lowest BCUT2D eigenvalue weighted by molar-refractivity contribution is 0.380. The Kier molecular flexibility index (Phi) is 8.89. The molecule has 12 nitrogen and oxygen atoms in total. The number of halogens is 18. The van der Waals surface area contributed by atoms with E-state index >= 15 is 13.2 Å². The Bertz CT molecular complexity index is 3430. The number of nitrogens with zero attached hydrogens (tertiary/aromatic N) is 12. The fourth-order valence-electron chi connectivity index (χ4n) is 6.50. The molecule has 0 radical (unpaired) electrons. The van der Waals surface area contributed by atoms with Crippen molar-refractivity contribution in [3.8, 4) is 33.8 Å². The van der Waals surface area contributed by atoms with E-state index in [-0.39, 0.29) is 0 Å². The van der Waals surface area contributed by atoms with E-state index in [2.05, 4.69) is 59.8 Å². The zero-order chi connectivity index (χ0) is 47.3. The van der Waals surface area contributed by atoms with E-state index < -0.39 is 206 Å². The molecule has 0 saturated heterocycles. The Hall–Kier alpha value is -8.34. The fourth-order valence-corrected chi connectivity index (χ4v) is 6.50. The molecule has 330 valence electrons. The Morgan fingerprint density at radius 1 is 0.167 bits per heavy atom. The van der Waals surface area contributed by atoms with E-state index in [1.165, 1.54) is 0 Å². The van der Waals surface area contributed by atoms with Gasteiger partial charge < -0.3 is 0 Å². The molecule has 0 N–H and O–H groups in total. The van der Waals surface area contributed by atoms with Gasteiger partial charge in [-0.3, -0.25) is 0 Å². The lowest BCUT2D eigenvalue weighted by Gasteiger charge is -2.12. The molecule has 0 aliphatic heterocycles. The van der Waals surface area contributed by atoms with E-state index in [9.17, 15) is 65.9 Å². The highest BCUT2D eigenvalue weighted by atomic mass is 19.2. The molecule has 4 aromatic carbocycles. The molecule has 0 unspecified atom stereocenters. The first-order valence-corrected chi connectivity index (χ1v) is 17.0. The zero-order valence-corrected chi connectivity index (χ0v) is 30.2. The van der Waals surface area contributed by atoms with Gasteiger partial charge in [0.25, 0.3) is 0 Å². The number of aromatic nitrogens is 12. The van der Waals surface area contributed by atoms with Gasteiger partial charge in [0.2, 0.25) is 52.2 Å². The average Bonchev–Trinajstić information content (AvgIpc) is 3.29. The summed E-state index contributed by atoms with van der Waals surface area (Å²) in [4.78, 5) is 44.5. The minimum Gasteiger partial charge on any atom is -0.221 e. The zero-order valence-electron chi connectivity index (χ0n) is 30.2. The third kappa shape index (κ3) is 5.64. The predicted octanol–water partition coefficient (Wildman–Crippen LogP) is 8.85. The number of benzene rings is 4. The maximum atomic E-state index is 15.5. The van der Waals surface area contributed by atoms with E-state index in [1.807, 2.05) is 0 Å². The molecule has 0 aliphatic rings. The van der Waals surface area contributed by atoms with E-state index in [0.717, 1.165) is 0 Å². The largest absolute Gasteiger partial charge is 0.241 e. The molecule has 0 amide bonds. The maximum absolute atomic E-state index is 15.5. The Balaban J connectivity index is 1.33. The normalized spacial score (nSPS) is 12.1. The smallest absolute Gasteiger partial charge is 0.221 e. The van der Waals surface area contributed by atoms with Crippen LogP contribution in [0.5, 0.6) is 0 Å². The van der Waals surface area contributed by atoms with Gasteiger partial charge in [0.15, 0.2) is 86.7 Å². The fraction of sp³-hybridized carbons (Fsp3) is 0. The molecule has 6 aromatic heterocycles. The quantitative estimate of drug-likeness (QED) is 0.0547. The van der Waals surface area contributed by atoms with Crippen molar-refractivity contribution in [3.05, 3.63) is 105 Å². The molecular weight excluding hydrogens is 942 g/mol. The molecular formula is C36F18N12. The summed E-state index contributed by atoms with van der Waals surface area (Å²) >= 11 is 0. The topological polar surface area (TPSA) is 155 Å². The number of hydrogen-bond donors (Lipinski definition) is 0. The standard InChI is InChI=1S/C36F18N12/c37-4-1(5(38)11(44)16(49)10(4)43)19-28(52)64-34-31(55-19)58-22-25(61-34)23-27(63-36-33(59-23)57-21(30(54)66-36)3-8(41)14(47)18(51)15(48)9(3)42)24-26(22)62-35-32(60-24)56-20(29(53)65-35)2-6(39)12(45)17(50)13(46)7(2)40. The second-order valence-electron chi connectivity index (χ2n) is 13.1. The van der Waals surface area contributed by atoms with Crippen LogP contribution in [0.3, 0.4) is 0 Å². The molecule has 0 aliphatic carbocycles. The van der Waals surface area contributed by atoms with Gasteiger partial charge in [0.05, 0.1) is 16.7 Å². The van der Waals surface area contributed by atoms with Crippen LogP contribution >= 0.6 is 0 Å². The highest BCUT2D eigenvalue weighted by Crippen LogP contribution is 2.38. The average molecular weight is 942 g/mol. The first kappa shape index (κ1) is 41.7. The third-order valence-corrected chi connectivity index (χ3v) is 9.44. The second kappa shape index (κ2) is 14.1. The molecule has 0 saturated carbocycles. The van der Waals surface area contributed by atoms with Crippen LogP contribution in [0.15, 0.2) is 0 Å². The molecule has 0 bridgehead atoms. The predicted molar refractivity (Wildman–Crippen MR) is 181 cm³/mol. The maximum Gasteiger partial charge on any atom is 0.241 e. The van der Waals surface area contributed by atoms with Gasteiger partial charge in [0.1, 0.15) is 50.2 Å².